The maximum Gasteiger partial charge on any atom is 0.490 e. The summed E-state index contributed by atoms with van der Waals surface area (Å²) in [6, 6.07) is 8.64. The van der Waals surface area contributed by atoms with Gasteiger partial charge in [0.1, 0.15) is 22.8 Å². The summed E-state index contributed by atoms with van der Waals surface area (Å²) in [6.07, 6.45) is 4.28. The quantitative estimate of drug-likeness (QED) is 0.204. The first-order chi connectivity index (χ1) is 28.6. The van der Waals surface area contributed by atoms with Crippen LogP contribution in [0.4, 0.5) is 18.4 Å². The van der Waals surface area contributed by atoms with Crippen molar-refractivity contribution < 1.29 is 56.4 Å². The van der Waals surface area contributed by atoms with Crippen LogP contribution in [0.25, 0.3) is 5.57 Å². The minimum Gasteiger partial charge on any atom is -0.444 e. The monoisotopic (exact) mass is 934 g/mol. The second-order valence-corrected chi connectivity index (χ2v) is 18.5. The molecule has 0 aromatic heterocycles. The number of carbonyl (C=O) groups excluding carboxylic acids is 4. The Kier molecular flexibility index (Phi) is 17.9. The van der Waals surface area contributed by atoms with Crippen LogP contribution in [0.2, 0.25) is 0 Å². The Bertz CT molecular complexity index is 1980. The molecule has 0 saturated carbocycles. The van der Waals surface area contributed by atoms with Crippen molar-refractivity contribution in [1.82, 2.24) is 19.9 Å². The third-order valence-corrected chi connectivity index (χ3v) is 11.0. The largest absolute Gasteiger partial charge is 0.490 e. The number of nitrogens with zero attached hydrogens (tertiary/aromatic N) is 4. The molecule has 4 amide bonds. The van der Waals surface area contributed by atoms with Crippen molar-refractivity contribution in [3.05, 3.63) is 86.8 Å². The molecule has 0 aliphatic carbocycles. The van der Waals surface area contributed by atoms with Crippen molar-refractivity contribution in [2.75, 3.05) is 54.5 Å². The Labute approximate surface area is 373 Å². The lowest BCUT2D eigenvalue weighted by atomic mass is 9.75. The van der Waals surface area contributed by atoms with E-state index in [0.29, 0.717) is 38.2 Å². The highest BCUT2D eigenvalue weighted by atomic mass is 79.9. The van der Waals surface area contributed by atoms with Gasteiger partial charge in [-0.3, -0.25) is 19.3 Å². The van der Waals surface area contributed by atoms with E-state index in [0.717, 1.165) is 22.0 Å². The molecule has 2 aromatic carbocycles. The van der Waals surface area contributed by atoms with Gasteiger partial charge in [-0.25, -0.2) is 28.5 Å². The van der Waals surface area contributed by atoms with Gasteiger partial charge in [-0.15, -0.1) is 0 Å². The lowest BCUT2D eigenvalue weighted by Crippen LogP contribution is -2.41. The smallest absolute Gasteiger partial charge is 0.444 e. The number of hydrogen-bond acceptors (Lipinski definition) is 10. The normalized spacial score (nSPS) is 17.0. The standard InChI is InChI=1S/C19H25FN2O4.C16H28BNO4.C9H9BrFNO2/c1-19(2,3)26-18(24)22-11-9-13(10-12-22)16-14(7-6-8-15(16)20)17(23)21(4)25-5;1-14(2,3)20-13(19)18-10-8-12(9-11-18)17-21-15(4,5)16(6,7)22-17;1-12(14-2)9(13)6-4-3-5-7(11)8(6)10/h6-9H,10-12H2,1-5H3;8H,9-11H2,1-7H3;3-5H,1-2H3. The minimum atomic E-state index is -0.572. The average Bonchev–Trinajstić information content (AvgIpc) is 3.42. The van der Waals surface area contributed by atoms with Crippen molar-refractivity contribution >= 4 is 52.6 Å². The zero-order chi connectivity index (χ0) is 47.0. The van der Waals surface area contributed by atoms with Gasteiger partial charge < -0.3 is 28.6 Å². The fourth-order valence-corrected chi connectivity index (χ4v) is 6.41. The van der Waals surface area contributed by atoms with Crippen LogP contribution in [0.15, 0.2) is 58.5 Å². The van der Waals surface area contributed by atoms with Gasteiger partial charge in [0.2, 0.25) is 0 Å². The molecule has 2 aromatic rings. The van der Waals surface area contributed by atoms with E-state index in [1.807, 2.05) is 54.5 Å². The summed E-state index contributed by atoms with van der Waals surface area (Å²) in [4.78, 5) is 61.1. The van der Waals surface area contributed by atoms with E-state index in [1.54, 1.807) is 42.7 Å². The van der Waals surface area contributed by atoms with Gasteiger partial charge >= 0.3 is 19.3 Å². The van der Waals surface area contributed by atoms with E-state index < -0.39 is 40.7 Å². The molecule has 1 saturated heterocycles. The number of halogens is 3. The Balaban J connectivity index is 0.000000259. The average molecular weight is 936 g/mol. The molecule has 3 heterocycles. The summed E-state index contributed by atoms with van der Waals surface area (Å²) in [5.41, 5.74) is 0.811. The summed E-state index contributed by atoms with van der Waals surface area (Å²) < 4.78 is 50.5. The van der Waals surface area contributed by atoms with E-state index in [-0.39, 0.29) is 45.6 Å². The van der Waals surface area contributed by atoms with Crippen LogP contribution < -0.4 is 0 Å². The first-order valence-corrected chi connectivity index (χ1v) is 21.0. The number of hydrogen-bond donors (Lipinski definition) is 0. The molecule has 3 aliphatic rings. The Hall–Kier alpha value is -4.36. The predicted octanol–water partition coefficient (Wildman–Crippen LogP) is 8.89. The number of amides is 4. The van der Waals surface area contributed by atoms with Crippen molar-refractivity contribution in [2.45, 2.75) is 104 Å². The van der Waals surface area contributed by atoms with Crippen molar-refractivity contribution in [3.8, 4) is 0 Å². The molecule has 0 spiro atoms. The Morgan fingerprint density at radius 3 is 1.56 bits per heavy atom. The summed E-state index contributed by atoms with van der Waals surface area (Å²) in [5, 5.41) is 2.08. The molecular weight excluding hydrogens is 873 g/mol. The summed E-state index contributed by atoms with van der Waals surface area (Å²) in [5.74, 6) is -1.78. The molecule has 0 unspecified atom stereocenters. The second-order valence-electron chi connectivity index (χ2n) is 17.7. The molecule has 5 rings (SSSR count). The van der Waals surface area contributed by atoms with E-state index >= 15 is 0 Å². The number of benzene rings is 2. The number of hydroxylamine groups is 4. The fourth-order valence-electron chi connectivity index (χ4n) is 5.98. The lowest BCUT2D eigenvalue weighted by molar-refractivity contribution is -0.0758. The van der Waals surface area contributed by atoms with Crippen LogP contribution >= 0.6 is 15.9 Å². The van der Waals surface area contributed by atoms with E-state index in [9.17, 15) is 28.0 Å². The van der Waals surface area contributed by atoms with Gasteiger partial charge in [0.15, 0.2) is 0 Å². The van der Waals surface area contributed by atoms with Gasteiger partial charge in [0.25, 0.3) is 11.8 Å². The molecule has 342 valence electrons. The van der Waals surface area contributed by atoms with Crippen LogP contribution in [0, 0.1) is 11.6 Å². The third-order valence-electron chi connectivity index (χ3n) is 10.2. The fraction of sp³-hybridized carbons (Fsp3) is 0.545. The van der Waals surface area contributed by atoms with Gasteiger partial charge in [0, 0.05) is 45.8 Å². The van der Waals surface area contributed by atoms with E-state index in [1.165, 1.54) is 58.6 Å². The number of ether oxygens (including phenoxy) is 2. The molecule has 14 nitrogen and oxygen atoms in total. The van der Waals surface area contributed by atoms with E-state index in [4.69, 9.17) is 28.5 Å². The minimum absolute atomic E-state index is 0.147. The van der Waals surface area contributed by atoms with Gasteiger partial charge in [-0.05, 0) is 133 Å². The molecule has 0 bridgehead atoms. The SMILES string of the molecule is CC(C)(C)OC(=O)N1CC=C(B2OC(C)(C)C(C)(C)O2)CC1.CON(C)C(=O)c1cccc(F)c1Br.CON(C)C(=O)c1cccc(F)c1C1=CCN(C(=O)OC(C)(C)C)CC1. The van der Waals surface area contributed by atoms with Crippen molar-refractivity contribution in [2.24, 2.45) is 0 Å². The molecule has 18 heteroatoms. The van der Waals surface area contributed by atoms with Gasteiger partial charge in [0.05, 0.1) is 41.0 Å². The van der Waals surface area contributed by atoms with Gasteiger partial charge in [-0.2, -0.15) is 0 Å². The zero-order valence-corrected chi connectivity index (χ0v) is 40.0. The highest BCUT2D eigenvalue weighted by molar-refractivity contribution is 9.10. The zero-order valence-electron chi connectivity index (χ0n) is 38.4. The Morgan fingerprint density at radius 2 is 1.15 bits per heavy atom. The summed E-state index contributed by atoms with van der Waals surface area (Å²) in [6.45, 7) is 21.1. The number of carbonyl (C=O) groups is 4. The summed E-state index contributed by atoms with van der Waals surface area (Å²) in [7, 11) is 5.35. The Morgan fingerprint density at radius 1 is 0.710 bits per heavy atom. The van der Waals surface area contributed by atoms with Gasteiger partial charge in [-0.1, -0.05) is 24.3 Å². The maximum absolute atomic E-state index is 14.5. The first-order valence-electron chi connectivity index (χ1n) is 20.2. The van der Waals surface area contributed by atoms with Crippen LogP contribution in [-0.2, 0) is 28.5 Å². The first kappa shape index (κ1) is 52.0. The third kappa shape index (κ3) is 14.1. The highest BCUT2D eigenvalue weighted by Gasteiger charge is 2.52. The molecule has 0 N–H and O–H groups in total. The lowest BCUT2D eigenvalue weighted by Gasteiger charge is -2.32. The van der Waals surface area contributed by atoms with Crippen molar-refractivity contribution in [1.29, 1.82) is 0 Å². The second kappa shape index (κ2) is 21.3. The highest BCUT2D eigenvalue weighted by Crippen LogP contribution is 2.39. The summed E-state index contributed by atoms with van der Waals surface area (Å²) >= 11 is 3.00. The topological polar surface area (TPSA) is 137 Å². The van der Waals surface area contributed by atoms with Crippen LogP contribution in [0.1, 0.15) is 108 Å². The maximum atomic E-state index is 14.5. The van der Waals surface area contributed by atoms with E-state index in [2.05, 4.69) is 15.9 Å². The van der Waals surface area contributed by atoms with Crippen molar-refractivity contribution in [3.63, 3.8) is 0 Å². The molecule has 62 heavy (non-hydrogen) atoms. The van der Waals surface area contributed by atoms with Crippen LogP contribution in [0.5, 0.6) is 0 Å². The van der Waals surface area contributed by atoms with Crippen LogP contribution in [-0.4, -0.2) is 128 Å². The molecule has 1 fully saturated rings. The number of rotatable bonds is 6. The molecule has 3 aliphatic heterocycles. The molecule has 0 radical (unpaired) electrons. The predicted molar refractivity (Wildman–Crippen MR) is 236 cm³/mol. The molecule has 0 atom stereocenters. The molecular formula is C44H62BBrF2N4O10. The van der Waals surface area contributed by atoms with Crippen LogP contribution in [0.3, 0.4) is 0 Å².